The van der Waals surface area contributed by atoms with E-state index < -0.39 is 0 Å². The average Bonchev–Trinajstić information content (AvgIpc) is 2.30. The molecule has 0 aliphatic carbocycles. The van der Waals surface area contributed by atoms with Gasteiger partial charge < -0.3 is 15.5 Å². The molecule has 0 amide bonds. The number of piperazine rings is 1. The summed E-state index contributed by atoms with van der Waals surface area (Å²) >= 11 is 0. The number of benzene rings is 1. The second-order valence-corrected chi connectivity index (χ2v) is 5.26. The van der Waals surface area contributed by atoms with E-state index in [0.717, 1.165) is 31.9 Å². The van der Waals surface area contributed by atoms with Crippen LogP contribution in [0.1, 0.15) is 25.3 Å². The van der Waals surface area contributed by atoms with Gasteiger partial charge >= 0.3 is 0 Å². The zero-order valence-corrected chi connectivity index (χ0v) is 11.1. The maximum absolute atomic E-state index is 6.02. The molecule has 0 spiro atoms. The minimum atomic E-state index is 0.488. The van der Waals surface area contributed by atoms with Crippen LogP contribution in [0.2, 0.25) is 0 Å². The molecule has 3 heteroatoms. The van der Waals surface area contributed by atoms with Crippen LogP contribution in [0.15, 0.2) is 18.2 Å². The van der Waals surface area contributed by atoms with Crippen LogP contribution in [0.4, 0.5) is 11.4 Å². The molecule has 0 aromatic heterocycles. The maximum atomic E-state index is 6.02. The normalized spacial score (nSPS) is 17.8. The van der Waals surface area contributed by atoms with E-state index in [2.05, 4.69) is 42.8 Å². The zero-order valence-electron chi connectivity index (χ0n) is 11.1. The highest BCUT2D eigenvalue weighted by molar-refractivity contribution is 5.59. The minimum absolute atomic E-state index is 0.488. The second-order valence-electron chi connectivity index (χ2n) is 5.26. The predicted molar refractivity (Wildman–Crippen MR) is 74.7 cm³/mol. The molecule has 17 heavy (non-hydrogen) atoms. The van der Waals surface area contributed by atoms with Crippen molar-refractivity contribution >= 4 is 11.4 Å². The van der Waals surface area contributed by atoms with Crippen LogP contribution in [0.3, 0.4) is 0 Å². The number of rotatable bonds is 2. The van der Waals surface area contributed by atoms with Crippen molar-refractivity contribution in [2.45, 2.75) is 19.8 Å². The summed E-state index contributed by atoms with van der Waals surface area (Å²) in [5.41, 5.74) is 9.51. The Morgan fingerprint density at radius 1 is 1.12 bits per heavy atom. The molecular weight excluding hydrogens is 210 g/mol. The highest BCUT2D eigenvalue weighted by Crippen LogP contribution is 2.27. The smallest absolute Gasteiger partial charge is 0.0371 e. The Kier molecular flexibility index (Phi) is 3.57. The number of nitrogen functional groups attached to an aromatic ring is 1. The van der Waals surface area contributed by atoms with Gasteiger partial charge in [-0.1, -0.05) is 13.8 Å². The van der Waals surface area contributed by atoms with E-state index in [0.29, 0.717) is 5.92 Å². The summed E-state index contributed by atoms with van der Waals surface area (Å²) in [5, 5.41) is 0. The SMILES string of the molecule is CC(C)c1cc(N2CCN(C)CC2)ccc1N. The molecule has 2 N–H and O–H groups in total. The van der Waals surface area contributed by atoms with Gasteiger partial charge in [0.25, 0.3) is 0 Å². The van der Waals surface area contributed by atoms with Crippen molar-refractivity contribution in [2.75, 3.05) is 43.9 Å². The van der Waals surface area contributed by atoms with Crippen molar-refractivity contribution in [1.29, 1.82) is 0 Å². The third-order valence-corrected chi connectivity index (χ3v) is 3.56. The summed E-state index contributed by atoms with van der Waals surface area (Å²) < 4.78 is 0. The highest BCUT2D eigenvalue weighted by atomic mass is 15.2. The molecule has 1 heterocycles. The second kappa shape index (κ2) is 4.96. The molecule has 1 aliphatic heterocycles. The molecule has 1 aromatic carbocycles. The Hall–Kier alpha value is -1.22. The molecule has 1 fully saturated rings. The van der Waals surface area contributed by atoms with E-state index in [4.69, 9.17) is 5.73 Å². The van der Waals surface area contributed by atoms with E-state index in [1.807, 2.05) is 6.07 Å². The standard InChI is InChI=1S/C14H23N3/c1-11(2)13-10-12(4-5-14(13)15)17-8-6-16(3)7-9-17/h4-5,10-11H,6-9,15H2,1-3H3. The third kappa shape index (κ3) is 2.72. The number of hydrogen-bond donors (Lipinski definition) is 1. The lowest BCUT2D eigenvalue weighted by Crippen LogP contribution is -2.44. The molecule has 0 unspecified atom stereocenters. The van der Waals surface area contributed by atoms with Crippen molar-refractivity contribution in [3.05, 3.63) is 23.8 Å². The fourth-order valence-electron chi connectivity index (χ4n) is 2.32. The van der Waals surface area contributed by atoms with Crippen LogP contribution >= 0.6 is 0 Å². The Bertz CT molecular complexity index is 379. The van der Waals surface area contributed by atoms with Crippen LogP contribution in [0, 0.1) is 0 Å². The van der Waals surface area contributed by atoms with E-state index in [1.54, 1.807) is 0 Å². The lowest BCUT2D eigenvalue weighted by molar-refractivity contribution is 0.313. The van der Waals surface area contributed by atoms with E-state index >= 15 is 0 Å². The lowest BCUT2D eigenvalue weighted by Gasteiger charge is -2.34. The summed E-state index contributed by atoms with van der Waals surface area (Å²) in [5.74, 6) is 0.488. The lowest BCUT2D eigenvalue weighted by atomic mass is 10.00. The van der Waals surface area contributed by atoms with Gasteiger partial charge in [0.1, 0.15) is 0 Å². The first kappa shape index (κ1) is 12.2. The summed E-state index contributed by atoms with van der Waals surface area (Å²) in [6.45, 7) is 8.89. The molecule has 1 aliphatic rings. The third-order valence-electron chi connectivity index (χ3n) is 3.56. The van der Waals surface area contributed by atoms with Crippen molar-refractivity contribution in [2.24, 2.45) is 0 Å². The molecule has 1 aromatic rings. The highest BCUT2D eigenvalue weighted by Gasteiger charge is 2.15. The number of nitrogens with two attached hydrogens (primary N) is 1. The van der Waals surface area contributed by atoms with Gasteiger partial charge in [0, 0.05) is 37.6 Å². The molecule has 2 rings (SSSR count). The Labute approximate surface area is 104 Å². The van der Waals surface area contributed by atoms with Crippen LogP contribution in [-0.4, -0.2) is 38.1 Å². The first-order chi connectivity index (χ1) is 8.08. The maximum Gasteiger partial charge on any atom is 0.0371 e. The fourth-order valence-corrected chi connectivity index (χ4v) is 2.32. The Morgan fingerprint density at radius 2 is 1.76 bits per heavy atom. The molecule has 94 valence electrons. The van der Waals surface area contributed by atoms with Crippen molar-refractivity contribution < 1.29 is 0 Å². The Balaban J connectivity index is 2.19. The first-order valence-corrected chi connectivity index (χ1v) is 6.41. The van der Waals surface area contributed by atoms with Crippen molar-refractivity contribution in [1.82, 2.24) is 4.90 Å². The first-order valence-electron chi connectivity index (χ1n) is 6.41. The average molecular weight is 233 g/mol. The van der Waals surface area contributed by atoms with Gasteiger partial charge in [-0.3, -0.25) is 0 Å². The number of hydrogen-bond acceptors (Lipinski definition) is 3. The van der Waals surface area contributed by atoms with Gasteiger partial charge in [-0.05, 0) is 36.7 Å². The van der Waals surface area contributed by atoms with Crippen molar-refractivity contribution in [3.8, 4) is 0 Å². The number of nitrogens with zero attached hydrogens (tertiary/aromatic N) is 2. The summed E-state index contributed by atoms with van der Waals surface area (Å²) in [6.07, 6.45) is 0. The molecule has 0 saturated carbocycles. The minimum Gasteiger partial charge on any atom is -0.398 e. The fraction of sp³-hybridized carbons (Fsp3) is 0.571. The quantitative estimate of drug-likeness (QED) is 0.794. The van der Waals surface area contributed by atoms with Crippen LogP contribution < -0.4 is 10.6 Å². The number of likely N-dealkylation sites (N-methyl/N-ethyl adjacent to an activating group) is 1. The van der Waals surface area contributed by atoms with Crippen molar-refractivity contribution in [3.63, 3.8) is 0 Å². The molecule has 1 saturated heterocycles. The Morgan fingerprint density at radius 3 is 2.35 bits per heavy atom. The summed E-state index contributed by atoms with van der Waals surface area (Å²) in [6, 6.07) is 6.45. The number of anilines is 2. The molecule has 0 radical (unpaired) electrons. The molecule has 0 bridgehead atoms. The monoisotopic (exact) mass is 233 g/mol. The van der Waals surface area contributed by atoms with E-state index in [1.165, 1.54) is 11.3 Å². The molecule has 3 nitrogen and oxygen atoms in total. The topological polar surface area (TPSA) is 32.5 Å². The summed E-state index contributed by atoms with van der Waals surface area (Å²) in [7, 11) is 2.18. The van der Waals surface area contributed by atoms with Crippen LogP contribution in [0.25, 0.3) is 0 Å². The van der Waals surface area contributed by atoms with Gasteiger partial charge in [0.05, 0.1) is 0 Å². The largest absolute Gasteiger partial charge is 0.398 e. The van der Waals surface area contributed by atoms with Crippen LogP contribution in [0.5, 0.6) is 0 Å². The zero-order chi connectivity index (χ0) is 12.4. The molecular formula is C14H23N3. The molecule has 0 atom stereocenters. The van der Waals surface area contributed by atoms with E-state index in [9.17, 15) is 0 Å². The van der Waals surface area contributed by atoms with Gasteiger partial charge in [0.15, 0.2) is 0 Å². The van der Waals surface area contributed by atoms with E-state index in [-0.39, 0.29) is 0 Å². The predicted octanol–water partition coefficient (Wildman–Crippen LogP) is 2.14. The van der Waals surface area contributed by atoms with Gasteiger partial charge in [0.2, 0.25) is 0 Å². The van der Waals surface area contributed by atoms with Gasteiger partial charge in [-0.15, -0.1) is 0 Å². The van der Waals surface area contributed by atoms with Gasteiger partial charge in [-0.25, -0.2) is 0 Å². The summed E-state index contributed by atoms with van der Waals surface area (Å²) in [4.78, 5) is 4.82. The van der Waals surface area contributed by atoms with Crippen LogP contribution in [-0.2, 0) is 0 Å². The van der Waals surface area contributed by atoms with Gasteiger partial charge in [-0.2, -0.15) is 0 Å².